The van der Waals surface area contributed by atoms with Gasteiger partial charge < -0.3 is 29.7 Å². The molecular weight excluding hydrogens is 622 g/mol. The van der Waals surface area contributed by atoms with Crippen molar-refractivity contribution < 1.29 is 28.6 Å². The molecule has 0 atom stereocenters. The van der Waals surface area contributed by atoms with Gasteiger partial charge in [0.05, 0.1) is 11.3 Å². The third-order valence-corrected chi connectivity index (χ3v) is 9.56. The van der Waals surface area contributed by atoms with E-state index in [1.807, 2.05) is 12.1 Å². The number of ether oxygens (including phenoxy) is 3. The van der Waals surface area contributed by atoms with Crippen molar-refractivity contribution in [3.8, 4) is 6.01 Å². The Bertz CT molecular complexity index is 1520. The molecule has 14 heteroatoms. The molecule has 2 aromatic heterocycles. The summed E-state index contributed by atoms with van der Waals surface area (Å²) in [7, 11) is 0. The highest BCUT2D eigenvalue weighted by atomic mass is 32.1. The largest absolute Gasteiger partial charge is 0.462 e. The van der Waals surface area contributed by atoms with E-state index in [2.05, 4.69) is 35.4 Å². The number of amides is 2. The molecule has 250 valence electrons. The molecule has 0 saturated carbocycles. The molecule has 0 bridgehead atoms. The number of nitrogens with one attached hydrogen (secondary N) is 2. The van der Waals surface area contributed by atoms with Crippen molar-refractivity contribution in [3.05, 3.63) is 58.9 Å². The predicted molar refractivity (Wildman–Crippen MR) is 176 cm³/mol. The van der Waals surface area contributed by atoms with E-state index >= 15 is 0 Å². The first-order valence-corrected chi connectivity index (χ1v) is 17.1. The molecule has 6 rings (SSSR count). The fourth-order valence-electron chi connectivity index (χ4n) is 6.13. The standard InChI is InChI=1S/C33H41N7O6S/c1-22(41)45-25-5-13-39(14-6-25)20-23-3-4-28(27(19-23)30(42)36-24-9-17-44-18-10-24)37-31(43)29-21-47-33(38-29)40-15-7-26(8-16-40)46-32-34-11-2-12-35-32/h2-4,11-12,19,21,24-26H,5-10,13-18,20H2,1H3,(H,36,42)(H,37,43). The van der Waals surface area contributed by atoms with Crippen molar-refractivity contribution in [1.82, 2.24) is 25.2 Å². The SMILES string of the molecule is CC(=O)OC1CCN(Cc2ccc(NC(=O)c3csc(N4CCC(Oc5ncccn5)CC4)n3)c(C(=O)NC3CCOCC3)c2)CC1. The molecule has 3 fully saturated rings. The zero-order chi connectivity index (χ0) is 32.6. The van der Waals surface area contributed by atoms with Gasteiger partial charge in [-0.05, 0) is 49.4 Å². The summed E-state index contributed by atoms with van der Waals surface area (Å²) in [6.07, 6.45) is 7.92. The number of anilines is 2. The number of carbonyl (C=O) groups excluding carboxylic acids is 3. The third kappa shape index (κ3) is 9.02. The molecule has 1 aromatic carbocycles. The Labute approximate surface area is 278 Å². The van der Waals surface area contributed by atoms with E-state index in [4.69, 9.17) is 14.2 Å². The number of hydrogen-bond donors (Lipinski definition) is 2. The third-order valence-electron chi connectivity index (χ3n) is 8.66. The average molecular weight is 664 g/mol. The fraction of sp³-hybridized carbons (Fsp3) is 0.515. The van der Waals surface area contributed by atoms with Gasteiger partial charge in [-0.25, -0.2) is 15.0 Å². The van der Waals surface area contributed by atoms with Gasteiger partial charge in [0.1, 0.15) is 17.9 Å². The lowest BCUT2D eigenvalue weighted by molar-refractivity contribution is -0.148. The van der Waals surface area contributed by atoms with Gasteiger partial charge in [0, 0.05) is 89.5 Å². The van der Waals surface area contributed by atoms with Crippen LogP contribution in [0.1, 0.15) is 71.9 Å². The highest BCUT2D eigenvalue weighted by molar-refractivity contribution is 7.14. The van der Waals surface area contributed by atoms with Gasteiger partial charge in [-0.3, -0.25) is 19.3 Å². The molecule has 2 N–H and O–H groups in total. The molecule has 3 saturated heterocycles. The number of carbonyl (C=O) groups is 3. The van der Waals surface area contributed by atoms with E-state index in [1.165, 1.54) is 18.3 Å². The lowest BCUT2D eigenvalue weighted by Crippen LogP contribution is -2.39. The van der Waals surface area contributed by atoms with Gasteiger partial charge in [-0.2, -0.15) is 0 Å². The summed E-state index contributed by atoms with van der Waals surface area (Å²) in [5.41, 5.74) is 2.12. The Balaban J connectivity index is 1.09. The number of likely N-dealkylation sites (tertiary alicyclic amines) is 1. The summed E-state index contributed by atoms with van der Waals surface area (Å²) in [5.74, 6) is -0.847. The molecule has 0 radical (unpaired) electrons. The van der Waals surface area contributed by atoms with Crippen molar-refractivity contribution in [2.45, 2.75) is 70.2 Å². The molecule has 3 aliphatic heterocycles. The number of aromatic nitrogens is 3. The van der Waals surface area contributed by atoms with Crippen LogP contribution < -0.4 is 20.3 Å². The molecular formula is C33H41N7O6S. The molecule has 3 aromatic rings. The van der Waals surface area contributed by atoms with Crippen LogP contribution in [0.2, 0.25) is 0 Å². The summed E-state index contributed by atoms with van der Waals surface area (Å²) in [4.78, 5) is 55.7. The van der Waals surface area contributed by atoms with E-state index in [1.54, 1.807) is 29.9 Å². The van der Waals surface area contributed by atoms with Crippen LogP contribution in [0.25, 0.3) is 0 Å². The molecule has 5 heterocycles. The van der Waals surface area contributed by atoms with Crippen LogP contribution in [-0.2, 0) is 20.8 Å². The summed E-state index contributed by atoms with van der Waals surface area (Å²) in [6.45, 7) is 6.37. The van der Waals surface area contributed by atoms with Crippen LogP contribution in [0.15, 0.2) is 42.0 Å². The summed E-state index contributed by atoms with van der Waals surface area (Å²) < 4.78 is 16.7. The lowest BCUT2D eigenvalue weighted by Gasteiger charge is -2.31. The van der Waals surface area contributed by atoms with Crippen molar-refractivity contribution in [2.24, 2.45) is 0 Å². The first-order chi connectivity index (χ1) is 22.9. The zero-order valence-corrected chi connectivity index (χ0v) is 27.4. The van der Waals surface area contributed by atoms with Crippen LogP contribution in [0, 0.1) is 0 Å². The van der Waals surface area contributed by atoms with E-state index in [0.717, 1.165) is 75.4 Å². The Morgan fingerprint density at radius 2 is 1.68 bits per heavy atom. The minimum Gasteiger partial charge on any atom is -0.462 e. The smallest absolute Gasteiger partial charge is 0.316 e. The molecule has 47 heavy (non-hydrogen) atoms. The molecule has 0 unspecified atom stereocenters. The van der Waals surface area contributed by atoms with Gasteiger partial charge in [0.15, 0.2) is 5.13 Å². The Hall–Kier alpha value is -4.14. The number of piperidine rings is 2. The number of esters is 1. The predicted octanol–water partition coefficient (Wildman–Crippen LogP) is 3.67. The second-order valence-corrected chi connectivity index (χ2v) is 13.0. The monoisotopic (exact) mass is 663 g/mol. The van der Waals surface area contributed by atoms with Gasteiger partial charge in [-0.1, -0.05) is 6.07 Å². The Morgan fingerprint density at radius 3 is 2.40 bits per heavy atom. The van der Waals surface area contributed by atoms with Crippen LogP contribution >= 0.6 is 11.3 Å². The van der Waals surface area contributed by atoms with Gasteiger partial charge in [0.25, 0.3) is 11.8 Å². The molecule has 0 aliphatic carbocycles. The van der Waals surface area contributed by atoms with E-state index < -0.39 is 0 Å². The van der Waals surface area contributed by atoms with Gasteiger partial charge in [0.2, 0.25) is 0 Å². The second kappa shape index (κ2) is 15.6. The highest BCUT2D eigenvalue weighted by Crippen LogP contribution is 2.27. The first kappa shape index (κ1) is 32.8. The van der Waals surface area contributed by atoms with Crippen molar-refractivity contribution in [1.29, 1.82) is 0 Å². The normalized spacial score (nSPS) is 18.4. The maximum atomic E-state index is 13.6. The summed E-state index contributed by atoms with van der Waals surface area (Å²) in [6, 6.07) is 7.75. The Kier molecular flexibility index (Phi) is 10.9. The van der Waals surface area contributed by atoms with Crippen molar-refractivity contribution >= 4 is 39.9 Å². The first-order valence-electron chi connectivity index (χ1n) is 16.3. The van der Waals surface area contributed by atoms with Crippen LogP contribution in [0.3, 0.4) is 0 Å². The highest BCUT2D eigenvalue weighted by Gasteiger charge is 2.26. The maximum Gasteiger partial charge on any atom is 0.316 e. The number of rotatable bonds is 10. The number of thiazole rings is 1. The fourth-order valence-corrected chi connectivity index (χ4v) is 6.99. The quantitative estimate of drug-likeness (QED) is 0.306. The van der Waals surface area contributed by atoms with E-state index in [-0.39, 0.29) is 36.0 Å². The van der Waals surface area contributed by atoms with E-state index in [0.29, 0.717) is 42.7 Å². The molecule has 0 spiro atoms. The summed E-state index contributed by atoms with van der Waals surface area (Å²) in [5, 5.41) is 8.62. The van der Waals surface area contributed by atoms with Gasteiger partial charge >= 0.3 is 12.0 Å². The van der Waals surface area contributed by atoms with Crippen molar-refractivity contribution in [3.63, 3.8) is 0 Å². The minimum atomic E-state index is -0.368. The summed E-state index contributed by atoms with van der Waals surface area (Å²) >= 11 is 1.42. The molecule has 3 aliphatic rings. The Morgan fingerprint density at radius 1 is 0.957 bits per heavy atom. The number of hydrogen-bond acceptors (Lipinski definition) is 12. The average Bonchev–Trinajstić information content (AvgIpc) is 3.58. The molecule has 2 amide bonds. The number of nitrogens with zero attached hydrogens (tertiary/aromatic N) is 5. The molecule has 13 nitrogen and oxygen atoms in total. The zero-order valence-electron chi connectivity index (χ0n) is 26.6. The van der Waals surface area contributed by atoms with Crippen molar-refractivity contribution in [2.75, 3.05) is 49.6 Å². The number of benzene rings is 1. The van der Waals surface area contributed by atoms with Crippen LogP contribution in [0.4, 0.5) is 10.8 Å². The van der Waals surface area contributed by atoms with Gasteiger partial charge in [-0.15, -0.1) is 11.3 Å². The topological polar surface area (TPSA) is 148 Å². The minimum absolute atomic E-state index is 0.0135. The van der Waals surface area contributed by atoms with E-state index in [9.17, 15) is 14.4 Å². The van der Waals surface area contributed by atoms with Crippen LogP contribution in [-0.4, -0.2) is 95.3 Å². The maximum absolute atomic E-state index is 13.6. The second-order valence-electron chi connectivity index (χ2n) is 12.1. The van der Waals surface area contributed by atoms with Crippen LogP contribution in [0.5, 0.6) is 6.01 Å². The lowest BCUT2D eigenvalue weighted by atomic mass is 10.0.